The summed E-state index contributed by atoms with van der Waals surface area (Å²) in [6.07, 6.45) is -9.81. The number of alkyl halides is 6. The lowest BCUT2D eigenvalue weighted by Crippen LogP contribution is -2.39. The number of imidazole rings is 2. The van der Waals surface area contributed by atoms with Crippen LogP contribution in [0.5, 0.6) is 35.0 Å². The zero-order valence-corrected chi connectivity index (χ0v) is 40.2. The van der Waals surface area contributed by atoms with Gasteiger partial charge in [0.25, 0.3) is 11.8 Å². The summed E-state index contributed by atoms with van der Waals surface area (Å²) >= 11 is 13.0. The number of hydrogen-bond donors (Lipinski definition) is 2. The largest absolute Gasteiger partial charge is 0.573 e. The number of ether oxygens (including phenoxy) is 4. The number of anilines is 2. The lowest BCUT2D eigenvalue weighted by molar-refractivity contribution is -0.275. The van der Waals surface area contributed by atoms with Crippen LogP contribution in [0.15, 0.2) is 84.9 Å². The van der Waals surface area contributed by atoms with Crippen molar-refractivity contribution in [3.8, 4) is 46.1 Å². The van der Waals surface area contributed by atoms with E-state index in [1.807, 2.05) is 0 Å². The average molecular weight is 1060 g/mol. The Bertz CT molecular complexity index is 3020. The molecule has 17 nitrogen and oxygen atoms in total. The van der Waals surface area contributed by atoms with E-state index in [4.69, 9.17) is 37.7 Å². The Morgan fingerprint density at radius 1 is 0.630 bits per heavy atom. The van der Waals surface area contributed by atoms with Gasteiger partial charge in [0.2, 0.25) is 5.91 Å². The molecule has 8 rings (SSSR count). The van der Waals surface area contributed by atoms with Crippen molar-refractivity contribution < 1.29 is 69.9 Å². The van der Waals surface area contributed by atoms with Gasteiger partial charge in [0.05, 0.1) is 13.1 Å². The summed E-state index contributed by atoms with van der Waals surface area (Å²) in [6, 6.07) is 18.6. The van der Waals surface area contributed by atoms with Crippen LogP contribution in [0.2, 0.25) is 10.0 Å². The first-order chi connectivity index (χ1) is 34.7. The lowest BCUT2D eigenvalue weighted by Gasteiger charge is -2.22. The molecule has 3 amide bonds. The maximum Gasteiger partial charge on any atom is 0.573 e. The maximum absolute atomic E-state index is 14.3. The number of likely N-dealkylation sites (N-methyl/N-ethyl adjacent to an activating group) is 2. The van der Waals surface area contributed by atoms with E-state index in [9.17, 15) is 50.9 Å². The van der Waals surface area contributed by atoms with Gasteiger partial charge in [-0.1, -0.05) is 47.5 Å². The predicted octanol–water partition coefficient (Wildman–Crippen LogP) is 8.61. The van der Waals surface area contributed by atoms with Gasteiger partial charge in [-0.3, -0.25) is 28.4 Å². The van der Waals surface area contributed by atoms with E-state index in [2.05, 4.69) is 14.5 Å². The van der Waals surface area contributed by atoms with Crippen molar-refractivity contribution in [3.63, 3.8) is 0 Å². The summed E-state index contributed by atoms with van der Waals surface area (Å²) < 4.78 is 105. The van der Waals surface area contributed by atoms with E-state index < -0.39 is 41.9 Å². The number of benzene rings is 4. The third-order valence-corrected chi connectivity index (χ3v) is 12.2. The molecule has 0 fully saturated rings. The SMILES string of the molecule is CN1CCN(CCCO)C(=O)c2c1nc(Oc1cc(OC(F)(F)F)cc(-c3cc(Cn4c(Oc5cccc(OC(F)(F)F)c5)nc5c4C(=O)N(CCCO)CC(=O)N5C)ccc3Cl)c1)n2Cc1ccc(Cl)cc1. The Labute approximate surface area is 422 Å². The lowest BCUT2D eigenvalue weighted by atomic mass is 10.0. The van der Waals surface area contributed by atoms with Gasteiger partial charge in [0.1, 0.15) is 29.5 Å². The molecule has 2 aliphatic rings. The molecule has 4 aromatic carbocycles. The van der Waals surface area contributed by atoms with Crippen molar-refractivity contribution in [3.05, 3.63) is 117 Å². The smallest absolute Gasteiger partial charge is 0.425 e. The molecule has 0 aliphatic carbocycles. The van der Waals surface area contributed by atoms with Gasteiger partial charge in [-0.25, -0.2) is 0 Å². The van der Waals surface area contributed by atoms with Crippen LogP contribution in [-0.4, -0.2) is 130 Å². The van der Waals surface area contributed by atoms with Gasteiger partial charge in [0, 0.05) is 81.2 Å². The number of halogens is 8. The Hall–Kier alpha value is -7.21. The molecule has 0 unspecified atom stereocenters. The number of amides is 3. The van der Waals surface area contributed by atoms with Crippen molar-refractivity contribution in [2.24, 2.45) is 0 Å². The quantitative estimate of drug-likeness (QED) is 0.0833. The summed E-state index contributed by atoms with van der Waals surface area (Å²) in [5.74, 6) is -3.40. The minimum absolute atomic E-state index is 0.00377. The van der Waals surface area contributed by atoms with Crippen LogP contribution in [0.4, 0.5) is 38.0 Å². The highest BCUT2D eigenvalue weighted by atomic mass is 35.5. The molecule has 2 aliphatic heterocycles. The topological polar surface area (TPSA) is 177 Å². The second-order valence-electron chi connectivity index (χ2n) is 16.8. The molecule has 73 heavy (non-hydrogen) atoms. The number of carbonyl (C=O) groups is 3. The number of aliphatic hydroxyl groups excluding tert-OH is 2. The fourth-order valence-electron chi connectivity index (χ4n) is 8.14. The van der Waals surface area contributed by atoms with Crippen LogP contribution in [0, 0.1) is 0 Å². The zero-order chi connectivity index (χ0) is 52.4. The number of nitrogens with zero attached hydrogens (tertiary/aromatic N) is 8. The van der Waals surface area contributed by atoms with Crippen molar-refractivity contribution in [2.45, 2.75) is 38.7 Å². The van der Waals surface area contributed by atoms with E-state index in [1.165, 1.54) is 57.5 Å². The Morgan fingerprint density at radius 2 is 1.18 bits per heavy atom. The summed E-state index contributed by atoms with van der Waals surface area (Å²) in [7, 11) is 3.09. The third kappa shape index (κ3) is 12.2. The molecule has 2 aromatic heterocycles. The molecule has 4 heterocycles. The molecular weight excluding hydrogens is 1020 g/mol. The third-order valence-electron chi connectivity index (χ3n) is 11.6. The van der Waals surface area contributed by atoms with E-state index in [1.54, 1.807) is 41.1 Å². The molecule has 0 spiro atoms. The number of rotatable bonds is 17. The van der Waals surface area contributed by atoms with Gasteiger partial charge in [-0.2, -0.15) is 9.97 Å². The van der Waals surface area contributed by atoms with E-state index in [0.29, 0.717) is 35.7 Å². The number of aliphatic hydroxyl groups is 2. The van der Waals surface area contributed by atoms with Crippen LogP contribution in [0.1, 0.15) is 44.9 Å². The standard InChI is InChI=1S/C48H44Cl2F6N8O9/c1-59-16-17-61(14-4-18-65)43(68)39-41(59)57-45(63(39)25-28-8-11-31(49)12-9-28)71-34-21-30(22-35(24-34)73-48(54,55)56)36-20-29(10-13-37(36)50)26-64-40-42(60(2)38(67)27-62(44(40)69)15-5-19-66)58-46(64)70-32-6-3-7-33(23-32)72-47(51,52)53/h3,6-13,20-24,65-66H,4-5,14-19,25-27H2,1-2H3. The summed E-state index contributed by atoms with van der Waals surface area (Å²) in [4.78, 5) is 56.7. The highest BCUT2D eigenvalue weighted by Gasteiger charge is 2.38. The molecule has 0 saturated carbocycles. The highest BCUT2D eigenvalue weighted by molar-refractivity contribution is 6.33. The van der Waals surface area contributed by atoms with Gasteiger partial charge < -0.3 is 43.9 Å². The van der Waals surface area contributed by atoms with E-state index >= 15 is 0 Å². The maximum atomic E-state index is 14.3. The van der Waals surface area contributed by atoms with Gasteiger partial charge in [-0.15, -0.1) is 26.3 Å². The molecule has 0 radical (unpaired) electrons. The van der Waals surface area contributed by atoms with Gasteiger partial charge in [0.15, 0.2) is 23.0 Å². The molecule has 0 saturated heterocycles. The zero-order valence-electron chi connectivity index (χ0n) is 38.7. The summed E-state index contributed by atoms with van der Waals surface area (Å²) in [5.41, 5.74) is 1.09. The monoisotopic (exact) mass is 1060 g/mol. The molecule has 386 valence electrons. The fraction of sp³-hybridized carbons (Fsp3) is 0.312. The van der Waals surface area contributed by atoms with Crippen molar-refractivity contribution in [1.29, 1.82) is 0 Å². The molecular formula is C48H44Cl2F6N8O9. The highest BCUT2D eigenvalue weighted by Crippen LogP contribution is 2.41. The molecule has 25 heteroatoms. The Kier molecular flexibility index (Phi) is 15.3. The van der Waals surface area contributed by atoms with Crippen molar-refractivity contribution in [1.82, 2.24) is 28.9 Å². The number of aromatic nitrogens is 4. The number of carbonyl (C=O) groups excluding carboxylic acids is 3. The van der Waals surface area contributed by atoms with Crippen LogP contribution in [0.25, 0.3) is 11.1 Å². The molecule has 6 aromatic rings. The van der Waals surface area contributed by atoms with Gasteiger partial charge >= 0.3 is 24.7 Å². The first-order valence-corrected chi connectivity index (χ1v) is 23.1. The van der Waals surface area contributed by atoms with Crippen LogP contribution < -0.4 is 28.7 Å². The number of hydrogen-bond acceptors (Lipinski definition) is 12. The van der Waals surface area contributed by atoms with Crippen LogP contribution >= 0.6 is 23.2 Å². The molecule has 0 bridgehead atoms. The predicted molar refractivity (Wildman–Crippen MR) is 253 cm³/mol. The summed E-state index contributed by atoms with van der Waals surface area (Å²) in [5, 5.41) is 19.6. The molecule has 0 atom stereocenters. The fourth-order valence-corrected chi connectivity index (χ4v) is 8.49. The normalized spacial score (nSPS) is 14.3. The van der Waals surface area contributed by atoms with E-state index in [0.717, 1.165) is 29.2 Å². The van der Waals surface area contributed by atoms with Crippen molar-refractivity contribution in [2.75, 3.05) is 69.8 Å². The van der Waals surface area contributed by atoms with Crippen LogP contribution in [0.3, 0.4) is 0 Å². The second kappa shape index (κ2) is 21.5. The number of fused-ring (bicyclic) bond motifs is 2. The van der Waals surface area contributed by atoms with Crippen LogP contribution in [-0.2, 0) is 17.9 Å². The Balaban J connectivity index is 1.22. The Morgan fingerprint density at radius 3 is 1.85 bits per heavy atom. The minimum Gasteiger partial charge on any atom is -0.425 e. The molecule has 2 N–H and O–H groups in total. The van der Waals surface area contributed by atoms with E-state index in [-0.39, 0.29) is 115 Å². The first-order valence-electron chi connectivity index (χ1n) is 22.3. The first kappa shape index (κ1) is 52.1. The second-order valence-corrected chi connectivity index (χ2v) is 17.6. The van der Waals surface area contributed by atoms with Gasteiger partial charge in [-0.05, 0) is 78.1 Å². The van der Waals surface area contributed by atoms with Crippen molar-refractivity contribution >= 4 is 52.6 Å². The minimum atomic E-state index is -5.18. The summed E-state index contributed by atoms with van der Waals surface area (Å²) in [6.45, 7) is -0.318. The average Bonchev–Trinajstić information content (AvgIpc) is 3.80.